The van der Waals surface area contributed by atoms with Crippen molar-refractivity contribution in [1.82, 2.24) is 4.90 Å². The standard InChI is InChI=1S/C19H16Cl2N2OS2/c20-12-3-4-15(14(21)10-12)22-18(24)11-23-7-5-16-13(6-9-26-16)19(23)17-2-1-8-25-17/h1-4,6,8-10,19H,5,7,11H2,(H,22,24). The van der Waals surface area contributed by atoms with Gasteiger partial charge in [0.2, 0.25) is 5.91 Å². The summed E-state index contributed by atoms with van der Waals surface area (Å²) in [7, 11) is 0. The van der Waals surface area contributed by atoms with Crippen molar-refractivity contribution in [1.29, 1.82) is 0 Å². The van der Waals surface area contributed by atoms with E-state index in [1.165, 1.54) is 15.3 Å². The van der Waals surface area contributed by atoms with Gasteiger partial charge in [0.25, 0.3) is 0 Å². The van der Waals surface area contributed by atoms with Gasteiger partial charge < -0.3 is 5.32 Å². The number of halogens is 2. The molecule has 1 amide bonds. The number of carbonyl (C=O) groups excluding carboxylic acids is 1. The third kappa shape index (κ3) is 3.68. The Morgan fingerprint density at radius 3 is 2.85 bits per heavy atom. The maximum atomic E-state index is 12.6. The molecule has 1 aliphatic heterocycles. The highest BCUT2D eigenvalue weighted by Crippen LogP contribution is 2.39. The normalized spacial score (nSPS) is 17.1. The lowest BCUT2D eigenvalue weighted by Gasteiger charge is -2.34. The molecular formula is C19H16Cl2N2OS2. The first-order valence-corrected chi connectivity index (χ1v) is 10.7. The molecule has 1 atom stereocenters. The predicted octanol–water partition coefficient (Wildman–Crippen LogP) is 5.70. The molecule has 3 heterocycles. The number of nitrogens with zero attached hydrogens (tertiary/aromatic N) is 1. The van der Waals surface area contributed by atoms with Gasteiger partial charge >= 0.3 is 0 Å². The lowest BCUT2D eigenvalue weighted by atomic mass is 9.98. The summed E-state index contributed by atoms with van der Waals surface area (Å²) >= 11 is 15.6. The Morgan fingerprint density at radius 2 is 2.08 bits per heavy atom. The van der Waals surface area contributed by atoms with E-state index in [4.69, 9.17) is 23.2 Å². The van der Waals surface area contributed by atoms with Gasteiger partial charge in [-0.1, -0.05) is 29.3 Å². The maximum Gasteiger partial charge on any atom is 0.238 e. The van der Waals surface area contributed by atoms with Gasteiger partial charge in [0.1, 0.15) is 0 Å². The zero-order chi connectivity index (χ0) is 18.1. The van der Waals surface area contributed by atoms with Gasteiger partial charge in [-0.2, -0.15) is 0 Å². The highest BCUT2D eigenvalue weighted by Gasteiger charge is 2.31. The fourth-order valence-corrected chi connectivity index (χ4v) is 5.52. The zero-order valence-corrected chi connectivity index (χ0v) is 16.9. The van der Waals surface area contributed by atoms with Crippen LogP contribution in [-0.2, 0) is 11.2 Å². The summed E-state index contributed by atoms with van der Waals surface area (Å²) in [6.07, 6.45) is 0.976. The van der Waals surface area contributed by atoms with Crippen molar-refractivity contribution in [3.63, 3.8) is 0 Å². The number of amides is 1. The van der Waals surface area contributed by atoms with E-state index in [1.54, 1.807) is 40.9 Å². The van der Waals surface area contributed by atoms with E-state index in [0.29, 0.717) is 22.3 Å². The van der Waals surface area contributed by atoms with Gasteiger partial charge in [0.15, 0.2) is 0 Å². The zero-order valence-electron chi connectivity index (χ0n) is 13.7. The minimum Gasteiger partial charge on any atom is -0.324 e. The summed E-state index contributed by atoms with van der Waals surface area (Å²) in [6, 6.07) is 11.6. The van der Waals surface area contributed by atoms with Crippen LogP contribution in [0.25, 0.3) is 0 Å². The first kappa shape index (κ1) is 18.0. The Hall–Kier alpha value is -1.37. The highest BCUT2D eigenvalue weighted by atomic mass is 35.5. The fraction of sp³-hybridized carbons (Fsp3) is 0.211. The Kier molecular flexibility index (Phi) is 5.34. The molecule has 1 aromatic carbocycles. The smallest absolute Gasteiger partial charge is 0.238 e. The molecule has 3 nitrogen and oxygen atoms in total. The number of hydrogen-bond donors (Lipinski definition) is 1. The molecule has 134 valence electrons. The van der Waals surface area contributed by atoms with Gasteiger partial charge in [-0.05, 0) is 53.1 Å². The predicted molar refractivity (Wildman–Crippen MR) is 111 cm³/mol. The summed E-state index contributed by atoms with van der Waals surface area (Å²) in [5, 5.41) is 8.12. The summed E-state index contributed by atoms with van der Waals surface area (Å²) in [5.41, 5.74) is 1.91. The Labute approximate surface area is 170 Å². The van der Waals surface area contributed by atoms with Gasteiger partial charge in [0.05, 0.1) is 23.3 Å². The molecule has 26 heavy (non-hydrogen) atoms. The molecule has 1 unspecified atom stereocenters. The molecular weight excluding hydrogens is 407 g/mol. The van der Waals surface area contributed by atoms with Crippen LogP contribution in [-0.4, -0.2) is 23.9 Å². The number of rotatable bonds is 4. The van der Waals surface area contributed by atoms with E-state index in [0.717, 1.165) is 13.0 Å². The van der Waals surface area contributed by atoms with Crippen LogP contribution in [0.5, 0.6) is 0 Å². The largest absolute Gasteiger partial charge is 0.324 e. The van der Waals surface area contributed by atoms with Crippen LogP contribution < -0.4 is 5.32 Å². The van der Waals surface area contributed by atoms with Crippen LogP contribution in [0, 0.1) is 0 Å². The number of nitrogens with one attached hydrogen (secondary N) is 1. The highest BCUT2D eigenvalue weighted by molar-refractivity contribution is 7.10. The van der Waals surface area contributed by atoms with E-state index >= 15 is 0 Å². The van der Waals surface area contributed by atoms with Crippen LogP contribution in [0.15, 0.2) is 47.2 Å². The van der Waals surface area contributed by atoms with Crippen molar-refractivity contribution in [3.8, 4) is 0 Å². The Bertz CT molecular complexity index is 924. The molecule has 1 N–H and O–H groups in total. The lowest BCUT2D eigenvalue weighted by molar-refractivity contribution is -0.117. The molecule has 0 saturated carbocycles. The van der Waals surface area contributed by atoms with E-state index < -0.39 is 0 Å². The van der Waals surface area contributed by atoms with Crippen LogP contribution in [0.2, 0.25) is 10.0 Å². The molecule has 0 aliphatic carbocycles. The van der Waals surface area contributed by atoms with Crippen molar-refractivity contribution in [2.75, 3.05) is 18.4 Å². The molecule has 3 aromatic rings. The quantitative estimate of drug-likeness (QED) is 0.584. The van der Waals surface area contributed by atoms with Gasteiger partial charge in [-0.15, -0.1) is 22.7 Å². The van der Waals surface area contributed by atoms with Crippen LogP contribution >= 0.6 is 45.9 Å². The lowest BCUT2D eigenvalue weighted by Crippen LogP contribution is -2.40. The van der Waals surface area contributed by atoms with Crippen LogP contribution in [0.3, 0.4) is 0 Å². The monoisotopic (exact) mass is 422 g/mol. The second kappa shape index (κ2) is 7.71. The fourth-order valence-electron chi connectivity index (χ4n) is 3.28. The number of anilines is 1. The third-order valence-corrected chi connectivity index (χ3v) is 6.90. The SMILES string of the molecule is O=C(CN1CCc2sccc2C1c1cccs1)Nc1ccc(Cl)cc1Cl. The summed E-state index contributed by atoms with van der Waals surface area (Å²) in [4.78, 5) is 17.6. The topological polar surface area (TPSA) is 32.3 Å². The first-order chi connectivity index (χ1) is 12.6. The number of carbonyl (C=O) groups is 1. The average Bonchev–Trinajstić information content (AvgIpc) is 3.28. The van der Waals surface area contributed by atoms with Gasteiger partial charge in [-0.3, -0.25) is 9.69 Å². The van der Waals surface area contributed by atoms with Crippen LogP contribution in [0.1, 0.15) is 21.4 Å². The van der Waals surface area contributed by atoms with Crippen LogP contribution in [0.4, 0.5) is 5.69 Å². The van der Waals surface area contributed by atoms with E-state index in [2.05, 4.69) is 39.2 Å². The summed E-state index contributed by atoms with van der Waals surface area (Å²) in [5.74, 6) is -0.0746. The van der Waals surface area contributed by atoms with Crippen molar-refractivity contribution in [2.24, 2.45) is 0 Å². The molecule has 1 aliphatic rings. The first-order valence-electron chi connectivity index (χ1n) is 8.20. The molecule has 0 fully saturated rings. The number of benzene rings is 1. The maximum absolute atomic E-state index is 12.6. The molecule has 4 rings (SSSR count). The van der Waals surface area contributed by atoms with E-state index in [-0.39, 0.29) is 11.9 Å². The minimum atomic E-state index is -0.0746. The summed E-state index contributed by atoms with van der Waals surface area (Å²) in [6.45, 7) is 1.18. The number of fused-ring (bicyclic) bond motifs is 1. The van der Waals surface area contributed by atoms with Crippen molar-refractivity contribution in [3.05, 3.63) is 72.5 Å². The molecule has 0 radical (unpaired) electrons. The second-order valence-electron chi connectivity index (χ2n) is 6.11. The third-order valence-electron chi connectivity index (χ3n) is 4.43. The number of hydrogen-bond acceptors (Lipinski definition) is 4. The molecule has 0 saturated heterocycles. The Balaban J connectivity index is 1.54. The molecule has 2 aromatic heterocycles. The minimum absolute atomic E-state index is 0.0746. The summed E-state index contributed by atoms with van der Waals surface area (Å²) < 4.78 is 0. The van der Waals surface area contributed by atoms with Gasteiger partial charge in [-0.25, -0.2) is 0 Å². The molecule has 0 spiro atoms. The van der Waals surface area contributed by atoms with E-state index in [9.17, 15) is 4.79 Å². The number of thiophene rings is 2. The molecule has 7 heteroatoms. The van der Waals surface area contributed by atoms with Crippen molar-refractivity contribution < 1.29 is 4.79 Å². The van der Waals surface area contributed by atoms with E-state index in [1.807, 2.05) is 0 Å². The second-order valence-corrected chi connectivity index (χ2v) is 8.93. The van der Waals surface area contributed by atoms with Crippen molar-refractivity contribution in [2.45, 2.75) is 12.5 Å². The average molecular weight is 423 g/mol. The van der Waals surface area contributed by atoms with Gasteiger partial charge in [0, 0.05) is 21.3 Å². The van der Waals surface area contributed by atoms with Crippen molar-refractivity contribution >= 4 is 57.5 Å². The molecule has 0 bridgehead atoms. The Morgan fingerprint density at radius 1 is 1.19 bits per heavy atom.